The number of hydrogen-bond acceptors (Lipinski definition) is 3. The first-order valence-corrected chi connectivity index (χ1v) is 5.28. The van der Waals surface area contributed by atoms with Crippen LogP contribution in [0.1, 0.15) is 32.4 Å². The fourth-order valence-electron chi connectivity index (χ4n) is 1.54. The van der Waals surface area contributed by atoms with Gasteiger partial charge in [-0.1, -0.05) is 18.5 Å². The van der Waals surface area contributed by atoms with E-state index >= 15 is 0 Å². The molecule has 1 atom stereocenters. The van der Waals surface area contributed by atoms with Crippen molar-refractivity contribution in [3.63, 3.8) is 0 Å². The highest BCUT2D eigenvalue weighted by Gasteiger charge is 2.29. The second-order valence-electron chi connectivity index (χ2n) is 3.71. The number of aromatic nitrogens is 2. The molecule has 0 spiro atoms. The summed E-state index contributed by atoms with van der Waals surface area (Å²) < 4.78 is 1.64. The van der Waals surface area contributed by atoms with Crippen molar-refractivity contribution >= 4 is 17.9 Å². The quantitative estimate of drug-likeness (QED) is 0.784. The summed E-state index contributed by atoms with van der Waals surface area (Å²) in [5, 5.41) is 14.5. The first-order chi connectivity index (χ1) is 7.03. The molecule has 84 valence electrons. The summed E-state index contributed by atoms with van der Waals surface area (Å²) in [6.07, 6.45) is 3.08. The number of nitrogens with zero attached hydrogens (tertiary/aromatic N) is 2. The van der Waals surface area contributed by atoms with E-state index in [1.807, 2.05) is 6.92 Å². The molecule has 1 aromatic heterocycles. The fourth-order valence-corrected chi connectivity index (χ4v) is 1.88. The Morgan fingerprint density at radius 1 is 1.73 bits per heavy atom. The van der Waals surface area contributed by atoms with Crippen LogP contribution in [0.15, 0.2) is 6.20 Å². The lowest BCUT2D eigenvalue weighted by molar-refractivity contribution is -0.112. The van der Waals surface area contributed by atoms with Crippen LogP contribution in [0, 0.1) is 0 Å². The first kappa shape index (κ1) is 12.2. The zero-order valence-corrected chi connectivity index (χ0v) is 9.66. The summed E-state index contributed by atoms with van der Waals surface area (Å²) in [7, 11) is 0. The third kappa shape index (κ3) is 2.58. The van der Waals surface area contributed by atoms with Gasteiger partial charge in [-0.3, -0.25) is 4.68 Å². The summed E-state index contributed by atoms with van der Waals surface area (Å²) in [6, 6.07) is 0. The molecule has 0 radical (unpaired) electrons. The molecule has 5 heteroatoms. The van der Waals surface area contributed by atoms with Gasteiger partial charge in [-0.15, -0.1) is 0 Å². The molecule has 0 saturated heterocycles. The summed E-state index contributed by atoms with van der Waals surface area (Å²) in [6.45, 7) is 4.25. The molecule has 0 aromatic carbocycles. The van der Waals surface area contributed by atoms with Crippen LogP contribution in [0.4, 0.5) is 0 Å². The SMILES string of the molecule is CCCn1ncc(Cl)c1C(C)(O)CC=O. The molecule has 1 N–H and O–H groups in total. The zero-order chi connectivity index (χ0) is 11.5. The fraction of sp³-hybridized carbons (Fsp3) is 0.600. The van der Waals surface area contributed by atoms with Gasteiger partial charge in [-0.25, -0.2) is 0 Å². The van der Waals surface area contributed by atoms with E-state index in [0.717, 1.165) is 6.42 Å². The van der Waals surface area contributed by atoms with Gasteiger partial charge in [0.2, 0.25) is 0 Å². The number of carbonyl (C=O) groups is 1. The highest BCUT2D eigenvalue weighted by Crippen LogP contribution is 2.30. The monoisotopic (exact) mass is 230 g/mol. The Balaban J connectivity index is 3.09. The van der Waals surface area contributed by atoms with Crippen molar-refractivity contribution in [2.24, 2.45) is 0 Å². The van der Waals surface area contributed by atoms with Crippen LogP contribution in [0.2, 0.25) is 5.02 Å². The molecule has 15 heavy (non-hydrogen) atoms. The summed E-state index contributed by atoms with van der Waals surface area (Å²) in [5.41, 5.74) is -0.733. The van der Waals surface area contributed by atoms with Gasteiger partial charge in [0.15, 0.2) is 0 Å². The number of aliphatic hydroxyl groups is 1. The molecule has 0 amide bonds. The lowest BCUT2D eigenvalue weighted by Crippen LogP contribution is -2.26. The van der Waals surface area contributed by atoms with E-state index in [0.29, 0.717) is 23.5 Å². The van der Waals surface area contributed by atoms with Crippen molar-refractivity contribution in [3.05, 3.63) is 16.9 Å². The average Bonchev–Trinajstić information content (AvgIpc) is 2.48. The van der Waals surface area contributed by atoms with Crippen LogP contribution < -0.4 is 0 Å². The van der Waals surface area contributed by atoms with Gasteiger partial charge >= 0.3 is 0 Å². The second kappa shape index (κ2) is 4.77. The predicted octanol–water partition coefficient (Wildman–Crippen LogP) is 1.74. The number of halogens is 1. The van der Waals surface area contributed by atoms with Crippen molar-refractivity contribution < 1.29 is 9.90 Å². The van der Waals surface area contributed by atoms with Crippen LogP contribution in [-0.2, 0) is 16.9 Å². The van der Waals surface area contributed by atoms with E-state index in [4.69, 9.17) is 11.6 Å². The van der Waals surface area contributed by atoms with Gasteiger partial charge in [0.25, 0.3) is 0 Å². The van der Waals surface area contributed by atoms with Crippen LogP contribution >= 0.6 is 11.6 Å². The van der Waals surface area contributed by atoms with E-state index in [1.54, 1.807) is 11.6 Å². The maximum atomic E-state index is 10.5. The van der Waals surface area contributed by atoms with Crippen LogP contribution in [0.5, 0.6) is 0 Å². The minimum atomic E-state index is -1.25. The molecule has 1 heterocycles. The molecular formula is C10H15ClN2O2. The van der Waals surface area contributed by atoms with Crippen molar-refractivity contribution in [1.82, 2.24) is 9.78 Å². The van der Waals surface area contributed by atoms with Gasteiger partial charge in [0, 0.05) is 13.0 Å². The van der Waals surface area contributed by atoms with Crippen molar-refractivity contribution in [3.8, 4) is 0 Å². The largest absolute Gasteiger partial charge is 0.383 e. The van der Waals surface area contributed by atoms with Crippen molar-refractivity contribution in [2.45, 2.75) is 38.8 Å². The smallest absolute Gasteiger partial charge is 0.123 e. The van der Waals surface area contributed by atoms with E-state index in [2.05, 4.69) is 5.10 Å². The molecule has 0 saturated carbocycles. The molecule has 0 fully saturated rings. The molecule has 1 rings (SSSR count). The second-order valence-corrected chi connectivity index (χ2v) is 4.12. The summed E-state index contributed by atoms with van der Waals surface area (Å²) in [5.74, 6) is 0. The van der Waals surface area contributed by atoms with Gasteiger partial charge in [0.1, 0.15) is 11.9 Å². The Morgan fingerprint density at radius 2 is 2.40 bits per heavy atom. The third-order valence-corrected chi connectivity index (χ3v) is 2.50. The number of carbonyl (C=O) groups excluding carboxylic acids is 1. The summed E-state index contributed by atoms with van der Waals surface area (Å²) in [4.78, 5) is 10.5. The molecule has 0 bridgehead atoms. The van der Waals surface area contributed by atoms with Gasteiger partial charge < -0.3 is 9.90 Å². The Hall–Kier alpha value is -0.870. The van der Waals surface area contributed by atoms with Crippen LogP contribution in [0.25, 0.3) is 0 Å². The molecule has 0 aliphatic heterocycles. The summed E-state index contributed by atoms with van der Waals surface area (Å²) >= 11 is 5.94. The standard InChI is InChI=1S/C10H15ClN2O2/c1-3-5-13-9(8(11)7-12-13)10(2,15)4-6-14/h6-7,15H,3-5H2,1-2H3. The predicted molar refractivity (Wildman–Crippen MR) is 57.8 cm³/mol. The van der Waals surface area contributed by atoms with Gasteiger partial charge in [-0.05, 0) is 13.3 Å². The highest BCUT2D eigenvalue weighted by atomic mass is 35.5. The minimum absolute atomic E-state index is 0.0160. The maximum Gasteiger partial charge on any atom is 0.123 e. The molecule has 0 aliphatic rings. The molecule has 1 aromatic rings. The Bertz CT molecular complexity index is 347. The van der Waals surface area contributed by atoms with Crippen molar-refractivity contribution in [2.75, 3.05) is 0 Å². The molecule has 1 unspecified atom stereocenters. The van der Waals surface area contributed by atoms with Crippen LogP contribution in [0.3, 0.4) is 0 Å². The van der Waals surface area contributed by atoms with Gasteiger partial charge in [-0.2, -0.15) is 5.10 Å². The topological polar surface area (TPSA) is 55.1 Å². The van der Waals surface area contributed by atoms with E-state index < -0.39 is 5.60 Å². The third-order valence-electron chi connectivity index (χ3n) is 2.22. The molecule has 4 nitrogen and oxygen atoms in total. The van der Waals surface area contributed by atoms with E-state index in [1.165, 1.54) is 6.20 Å². The van der Waals surface area contributed by atoms with Crippen LogP contribution in [-0.4, -0.2) is 21.2 Å². The van der Waals surface area contributed by atoms with E-state index in [-0.39, 0.29) is 6.42 Å². The Morgan fingerprint density at radius 3 is 2.93 bits per heavy atom. The lowest BCUT2D eigenvalue weighted by atomic mass is 9.99. The maximum absolute atomic E-state index is 10.5. The minimum Gasteiger partial charge on any atom is -0.383 e. The van der Waals surface area contributed by atoms with Gasteiger partial charge in [0.05, 0.1) is 16.9 Å². The number of rotatable bonds is 5. The lowest BCUT2D eigenvalue weighted by Gasteiger charge is -2.22. The van der Waals surface area contributed by atoms with Crippen molar-refractivity contribution in [1.29, 1.82) is 0 Å². The molecular weight excluding hydrogens is 216 g/mol. The Labute approximate surface area is 93.9 Å². The molecule has 0 aliphatic carbocycles. The normalized spacial score (nSPS) is 14.9. The Kier molecular flexibility index (Phi) is 3.88. The highest BCUT2D eigenvalue weighted by molar-refractivity contribution is 6.31. The average molecular weight is 231 g/mol. The number of hydrogen-bond donors (Lipinski definition) is 1. The zero-order valence-electron chi connectivity index (χ0n) is 8.90. The number of aryl methyl sites for hydroxylation is 1. The number of aldehydes is 1. The first-order valence-electron chi connectivity index (χ1n) is 4.90. The van der Waals surface area contributed by atoms with E-state index in [9.17, 15) is 9.90 Å².